The fourth-order valence-corrected chi connectivity index (χ4v) is 1.82. The molecule has 0 heterocycles. The lowest BCUT2D eigenvalue weighted by atomic mass is 9.98. The highest BCUT2D eigenvalue weighted by Crippen LogP contribution is 2.15. The fraction of sp³-hybridized carbons (Fsp3) is 1.00. The molecular formula is C12H28N2O2. The Balaban J connectivity index is 4.35. The molecule has 4 nitrogen and oxygen atoms in total. The molecule has 0 aliphatic heterocycles. The molecular weight excluding hydrogens is 204 g/mol. The molecule has 0 saturated carbocycles. The molecule has 0 aliphatic carbocycles. The van der Waals surface area contributed by atoms with Crippen molar-refractivity contribution in [3.05, 3.63) is 0 Å². The van der Waals surface area contributed by atoms with Crippen LogP contribution in [0, 0.1) is 5.92 Å². The van der Waals surface area contributed by atoms with Crippen LogP contribution in [0.1, 0.15) is 33.6 Å². The van der Waals surface area contributed by atoms with Crippen LogP contribution in [0.3, 0.4) is 0 Å². The topological polar surface area (TPSA) is 56.5 Å². The van der Waals surface area contributed by atoms with Crippen molar-refractivity contribution in [1.82, 2.24) is 5.32 Å². The van der Waals surface area contributed by atoms with Gasteiger partial charge in [0.15, 0.2) is 6.29 Å². The van der Waals surface area contributed by atoms with Crippen LogP contribution >= 0.6 is 0 Å². The normalized spacial score (nSPS) is 15.8. The van der Waals surface area contributed by atoms with Crippen molar-refractivity contribution < 1.29 is 9.47 Å². The molecule has 0 aromatic rings. The van der Waals surface area contributed by atoms with Crippen LogP contribution in [-0.2, 0) is 9.47 Å². The number of nitrogens with one attached hydrogen (secondary N) is 1. The number of ether oxygens (including phenoxy) is 2. The summed E-state index contributed by atoms with van der Waals surface area (Å²) in [7, 11) is 3.28. The molecule has 0 amide bonds. The van der Waals surface area contributed by atoms with Gasteiger partial charge in [0, 0.05) is 20.8 Å². The van der Waals surface area contributed by atoms with Crippen LogP contribution in [-0.4, -0.2) is 39.1 Å². The SMILES string of the molecule is CCC(CC)CNC(C)(CN)C(OC)OC. The third-order valence-corrected chi connectivity index (χ3v) is 3.32. The Hall–Kier alpha value is -0.160. The Labute approximate surface area is 99.9 Å². The molecule has 0 fully saturated rings. The molecule has 0 spiro atoms. The van der Waals surface area contributed by atoms with Gasteiger partial charge in [0.1, 0.15) is 0 Å². The molecule has 4 heteroatoms. The van der Waals surface area contributed by atoms with E-state index in [2.05, 4.69) is 19.2 Å². The van der Waals surface area contributed by atoms with E-state index >= 15 is 0 Å². The summed E-state index contributed by atoms with van der Waals surface area (Å²) in [6, 6.07) is 0. The minimum absolute atomic E-state index is 0.313. The highest BCUT2D eigenvalue weighted by Gasteiger charge is 2.33. The first kappa shape index (κ1) is 15.8. The first-order chi connectivity index (χ1) is 7.57. The first-order valence-electron chi connectivity index (χ1n) is 6.08. The molecule has 0 aromatic carbocycles. The van der Waals surface area contributed by atoms with Crippen molar-refractivity contribution in [1.29, 1.82) is 0 Å². The zero-order chi connectivity index (χ0) is 12.6. The van der Waals surface area contributed by atoms with Gasteiger partial charge in [0.25, 0.3) is 0 Å². The van der Waals surface area contributed by atoms with E-state index in [-0.39, 0.29) is 11.8 Å². The minimum Gasteiger partial charge on any atom is -0.354 e. The number of rotatable bonds is 9. The maximum atomic E-state index is 5.81. The lowest BCUT2D eigenvalue weighted by Crippen LogP contribution is -2.59. The summed E-state index contributed by atoms with van der Waals surface area (Å²) in [4.78, 5) is 0. The number of nitrogens with two attached hydrogens (primary N) is 1. The Kier molecular flexibility index (Phi) is 7.93. The molecule has 98 valence electrons. The van der Waals surface area contributed by atoms with E-state index in [0.717, 1.165) is 6.54 Å². The highest BCUT2D eigenvalue weighted by molar-refractivity contribution is 4.88. The van der Waals surface area contributed by atoms with Crippen LogP contribution in [0.4, 0.5) is 0 Å². The van der Waals surface area contributed by atoms with Gasteiger partial charge in [-0.25, -0.2) is 0 Å². The second-order valence-corrected chi connectivity index (χ2v) is 4.49. The second kappa shape index (κ2) is 8.01. The van der Waals surface area contributed by atoms with Crippen LogP contribution in [0.2, 0.25) is 0 Å². The molecule has 16 heavy (non-hydrogen) atoms. The maximum absolute atomic E-state index is 5.81. The Morgan fingerprint density at radius 1 is 1.19 bits per heavy atom. The van der Waals surface area contributed by atoms with Crippen molar-refractivity contribution in [2.24, 2.45) is 11.7 Å². The Morgan fingerprint density at radius 3 is 2.00 bits per heavy atom. The van der Waals surface area contributed by atoms with Crippen LogP contribution in [0.5, 0.6) is 0 Å². The van der Waals surface area contributed by atoms with Crippen LogP contribution in [0.15, 0.2) is 0 Å². The predicted octanol–water partition coefficient (Wildman–Crippen LogP) is 1.35. The van der Waals surface area contributed by atoms with Crippen molar-refractivity contribution in [3.63, 3.8) is 0 Å². The van der Waals surface area contributed by atoms with Gasteiger partial charge < -0.3 is 20.5 Å². The quantitative estimate of drug-likeness (QED) is 0.589. The Morgan fingerprint density at radius 2 is 1.69 bits per heavy atom. The molecule has 0 aliphatic rings. The predicted molar refractivity (Wildman–Crippen MR) is 67.3 cm³/mol. The third-order valence-electron chi connectivity index (χ3n) is 3.32. The van der Waals surface area contributed by atoms with Crippen LogP contribution < -0.4 is 11.1 Å². The molecule has 0 bridgehead atoms. The summed E-state index contributed by atoms with van der Waals surface area (Å²) < 4.78 is 10.6. The van der Waals surface area contributed by atoms with E-state index in [1.54, 1.807) is 14.2 Å². The van der Waals surface area contributed by atoms with Crippen molar-refractivity contribution in [2.45, 2.75) is 45.4 Å². The summed E-state index contributed by atoms with van der Waals surface area (Å²) in [5, 5.41) is 3.47. The molecule has 0 saturated heterocycles. The fourth-order valence-electron chi connectivity index (χ4n) is 1.82. The van der Waals surface area contributed by atoms with E-state index in [4.69, 9.17) is 15.2 Å². The average molecular weight is 232 g/mol. The van der Waals surface area contributed by atoms with E-state index < -0.39 is 0 Å². The third kappa shape index (κ3) is 4.37. The van der Waals surface area contributed by atoms with Gasteiger partial charge in [-0.1, -0.05) is 26.7 Å². The number of methoxy groups -OCH3 is 2. The highest BCUT2D eigenvalue weighted by atomic mass is 16.7. The summed E-state index contributed by atoms with van der Waals surface area (Å²) in [6.45, 7) is 7.88. The van der Waals surface area contributed by atoms with Gasteiger partial charge >= 0.3 is 0 Å². The van der Waals surface area contributed by atoms with Crippen molar-refractivity contribution >= 4 is 0 Å². The van der Waals surface area contributed by atoms with Gasteiger partial charge in [-0.05, 0) is 19.4 Å². The lowest BCUT2D eigenvalue weighted by molar-refractivity contribution is -0.149. The summed E-state index contributed by atoms with van der Waals surface area (Å²) >= 11 is 0. The number of hydrogen-bond donors (Lipinski definition) is 2. The monoisotopic (exact) mass is 232 g/mol. The molecule has 1 atom stereocenters. The standard InChI is InChI=1S/C12H28N2O2/c1-6-10(7-2)8-14-12(3,9-13)11(15-4)16-5/h10-11,14H,6-9,13H2,1-5H3. The van der Waals surface area contributed by atoms with Gasteiger partial charge in [-0.3, -0.25) is 0 Å². The van der Waals surface area contributed by atoms with Crippen molar-refractivity contribution in [3.8, 4) is 0 Å². The largest absolute Gasteiger partial charge is 0.354 e. The molecule has 3 N–H and O–H groups in total. The molecule has 1 unspecified atom stereocenters. The van der Waals surface area contributed by atoms with E-state index in [0.29, 0.717) is 12.5 Å². The second-order valence-electron chi connectivity index (χ2n) is 4.49. The van der Waals surface area contributed by atoms with E-state index in [9.17, 15) is 0 Å². The van der Waals surface area contributed by atoms with Crippen LogP contribution in [0.25, 0.3) is 0 Å². The summed E-state index contributed by atoms with van der Waals surface area (Å²) in [5.74, 6) is 0.681. The number of hydrogen-bond acceptors (Lipinski definition) is 4. The molecule has 0 rings (SSSR count). The van der Waals surface area contributed by atoms with Gasteiger partial charge in [-0.15, -0.1) is 0 Å². The average Bonchev–Trinajstić information content (AvgIpc) is 2.31. The Bertz CT molecular complexity index is 170. The van der Waals surface area contributed by atoms with E-state index in [1.165, 1.54) is 12.8 Å². The smallest absolute Gasteiger partial charge is 0.175 e. The van der Waals surface area contributed by atoms with Crippen molar-refractivity contribution in [2.75, 3.05) is 27.3 Å². The van der Waals surface area contributed by atoms with E-state index in [1.807, 2.05) is 6.92 Å². The van der Waals surface area contributed by atoms with Gasteiger partial charge in [0.2, 0.25) is 0 Å². The first-order valence-corrected chi connectivity index (χ1v) is 6.08. The van der Waals surface area contributed by atoms with Gasteiger partial charge in [-0.2, -0.15) is 0 Å². The molecule has 0 radical (unpaired) electrons. The zero-order valence-electron chi connectivity index (χ0n) is 11.4. The molecule has 0 aromatic heterocycles. The van der Waals surface area contributed by atoms with Gasteiger partial charge in [0.05, 0.1) is 5.54 Å². The lowest BCUT2D eigenvalue weighted by Gasteiger charge is -2.36. The maximum Gasteiger partial charge on any atom is 0.175 e. The minimum atomic E-state index is -0.327. The zero-order valence-corrected chi connectivity index (χ0v) is 11.4. The summed E-state index contributed by atoms with van der Waals surface area (Å²) in [5.41, 5.74) is 5.48. The summed E-state index contributed by atoms with van der Waals surface area (Å²) in [6.07, 6.45) is 2.04.